The first-order valence-electron chi connectivity index (χ1n) is 5.94. The number of fused-ring (bicyclic) bond motifs is 1. The van der Waals surface area contributed by atoms with Gasteiger partial charge in [-0.05, 0) is 31.5 Å². The van der Waals surface area contributed by atoms with E-state index in [1.54, 1.807) is 16.6 Å². The van der Waals surface area contributed by atoms with Crippen LogP contribution in [0.15, 0.2) is 30.3 Å². The first-order chi connectivity index (χ1) is 9.06. The number of benzene rings is 1. The summed E-state index contributed by atoms with van der Waals surface area (Å²) in [6.45, 7) is 3.78. The van der Waals surface area contributed by atoms with E-state index in [1.807, 2.05) is 19.9 Å². The SMILES string of the molecule is Cc1cc2nc(C)c(-c3ccc(F)cc3)c(N)n2n1. The van der Waals surface area contributed by atoms with Crippen LogP contribution in [-0.4, -0.2) is 14.6 Å². The average molecular weight is 256 g/mol. The standard InChI is InChI=1S/C14H13FN4/c1-8-7-12-17-9(2)13(14(16)19(12)18-8)10-3-5-11(15)6-4-10/h3-7H,16H2,1-2H3. The molecule has 0 fully saturated rings. The van der Waals surface area contributed by atoms with Crippen molar-refractivity contribution in [1.82, 2.24) is 14.6 Å². The summed E-state index contributed by atoms with van der Waals surface area (Å²) in [5, 5.41) is 4.31. The molecule has 0 bridgehead atoms. The van der Waals surface area contributed by atoms with Crippen molar-refractivity contribution in [2.45, 2.75) is 13.8 Å². The van der Waals surface area contributed by atoms with Gasteiger partial charge in [0.25, 0.3) is 0 Å². The van der Waals surface area contributed by atoms with Gasteiger partial charge >= 0.3 is 0 Å². The molecule has 0 atom stereocenters. The summed E-state index contributed by atoms with van der Waals surface area (Å²) < 4.78 is 14.6. The predicted molar refractivity (Wildman–Crippen MR) is 72.3 cm³/mol. The van der Waals surface area contributed by atoms with Crippen LogP contribution < -0.4 is 5.73 Å². The Kier molecular flexibility index (Phi) is 2.48. The Morgan fingerprint density at radius 2 is 1.84 bits per heavy atom. The predicted octanol–water partition coefficient (Wildman–Crippen LogP) is 2.73. The van der Waals surface area contributed by atoms with Crippen LogP contribution in [0.25, 0.3) is 16.8 Å². The Morgan fingerprint density at radius 3 is 2.53 bits per heavy atom. The van der Waals surface area contributed by atoms with Gasteiger partial charge in [0, 0.05) is 11.6 Å². The van der Waals surface area contributed by atoms with Crippen molar-refractivity contribution in [3.05, 3.63) is 47.5 Å². The number of anilines is 1. The Bertz CT molecular complexity index is 759. The third-order valence-electron chi connectivity index (χ3n) is 3.07. The van der Waals surface area contributed by atoms with Crippen molar-refractivity contribution < 1.29 is 4.39 Å². The van der Waals surface area contributed by atoms with Gasteiger partial charge in [0.05, 0.1) is 11.4 Å². The zero-order chi connectivity index (χ0) is 13.6. The summed E-state index contributed by atoms with van der Waals surface area (Å²) in [6.07, 6.45) is 0. The van der Waals surface area contributed by atoms with Crippen LogP contribution in [0, 0.1) is 19.7 Å². The molecule has 19 heavy (non-hydrogen) atoms. The molecule has 2 heterocycles. The van der Waals surface area contributed by atoms with Gasteiger partial charge in [-0.1, -0.05) is 12.1 Å². The number of nitrogens with two attached hydrogens (primary N) is 1. The Balaban J connectivity index is 2.31. The highest BCUT2D eigenvalue weighted by Gasteiger charge is 2.13. The lowest BCUT2D eigenvalue weighted by Crippen LogP contribution is -2.05. The smallest absolute Gasteiger partial charge is 0.157 e. The van der Waals surface area contributed by atoms with Gasteiger partial charge in [-0.3, -0.25) is 0 Å². The minimum absolute atomic E-state index is 0.274. The number of halogens is 1. The van der Waals surface area contributed by atoms with E-state index >= 15 is 0 Å². The van der Waals surface area contributed by atoms with Crippen LogP contribution in [-0.2, 0) is 0 Å². The van der Waals surface area contributed by atoms with Crippen LogP contribution in [0.5, 0.6) is 0 Å². The second-order valence-corrected chi connectivity index (χ2v) is 4.52. The summed E-state index contributed by atoms with van der Waals surface area (Å²) in [6, 6.07) is 8.08. The number of nitrogen functional groups attached to an aromatic ring is 1. The Labute approximate surface area is 109 Å². The molecule has 4 nitrogen and oxygen atoms in total. The first kappa shape index (κ1) is 11.6. The van der Waals surface area contributed by atoms with Gasteiger partial charge in [0.15, 0.2) is 5.65 Å². The van der Waals surface area contributed by atoms with Crippen molar-refractivity contribution in [3.8, 4) is 11.1 Å². The monoisotopic (exact) mass is 256 g/mol. The second kappa shape index (κ2) is 4.05. The van der Waals surface area contributed by atoms with E-state index in [0.717, 1.165) is 28.2 Å². The molecule has 0 aliphatic carbocycles. The summed E-state index contributed by atoms with van der Waals surface area (Å²) in [5.74, 6) is 0.242. The van der Waals surface area contributed by atoms with E-state index in [4.69, 9.17) is 5.73 Å². The number of aryl methyl sites for hydroxylation is 2. The van der Waals surface area contributed by atoms with Crippen LogP contribution in [0.1, 0.15) is 11.4 Å². The Morgan fingerprint density at radius 1 is 1.16 bits per heavy atom. The summed E-state index contributed by atoms with van der Waals surface area (Å²) in [5.41, 5.74) is 10.2. The molecule has 2 aromatic heterocycles. The molecule has 0 saturated carbocycles. The highest BCUT2D eigenvalue weighted by molar-refractivity contribution is 5.77. The molecule has 1 aromatic carbocycles. The topological polar surface area (TPSA) is 56.2 Å². The molecule has 5 heteroatoms. The molecular formula is C14H13FN4. The average Bonchev–Trinajstić information content (AvgIpc) is 2.72. The van der Waals surface area contributed by atoms with Gasteiger partial charge in [0.2, 0.25) is 0 Å². The molecule has 96 valence electrons. The fourth-order valence-corrected chi connectivity index (χ4v) is 2.24. The van der Waals surface area contributed by atoms with Crippen LogP contribution in [0.2, 0.25) is 0 Å². The maximum atomic E-state index is 13.0. The third-order valence-corrected chi connectivity index (χ3v) is 3.07. The molecule has 3 aromatic rings. The highest BCUT2D eigenvalue weighted by atomic mass is 19.1. The summed E-state index contributed by atoms with van der Waals surface area (Å²) in [7, 11) is 0. The zero-order valence-corrected chi connectivity index (χ0v) is 10.7. The number of hydrogen-bond acceptors (Lipinski definition) is 3. The molecule has 0 aliphatic rings. The number of hydrogen-bond donors (Lipinski definition) is 1. The van der Waals surface area contributed by atoms with E-state index in [2.05, 4.69) is 10.1 Å². The molecule has 3 rings (SSSR count). The number of rotatable bonds is 1. The second-order valence-electron chi connectivity index (χ2n) is 4.52. The zero-order valence-electron chi connectivity index (χ0n) is 10.7. The largest absolute Gasteiger partial charge is 0.383 e. The fraction of sp³-hybridized carbons (Fsp3) is 0.143. The van der Waals surface area contributed by atoms with E-state index in [1.165, 1.54) is 12.1 Å². The molecule has 0 saturated heterocycles. The van der Waals surface area contributed by atoms with E-state index in [9.17, 15) is 4.39 Å². The lowest BCUT2D eigenvalue weighted by atomic mass is 10.1. The molecule has 2 N–H and O–H groups in total. The van der Waals surface area contributed by atoms with E-state index in [0.29, 0.717) is 5.82 Å². The molecule has 0 radical (unpaired) electrons. The van der Waals surface area contributed by atoms with Crippen LogP contribution in [0.4, 0.5) is 10.2 Å². The molecule has 0 aliphatic heterocycles. The van der Waals surface area contributed by atoms with Crippen LogP contribution >= 0.6 is 0 Å². The van der Waals surface area contributed by atoms with Crippen molar-refractivity contribution in [2.75, 3.05) is 5.73 Å². The van der Waals surface area contributed by atoms with Crippen molar-refractivity contribution in [1.29, 1.82) is 0 Å². The third kappa shape index (κ3) is 1.83. The highest BCUT2D eigenvalue weighted by Crippen LogP contribution is 2.29. The van der Waals surface area contributed by atoms with Gasteiger partial charge in [0.1, 0.15) is 11.6 Å². The quantitative estimate of drug-likeness (QED) is 0.728. The molecule has 0 amide bonds. The van der Waals surface area contributed by atoms with Gasteiger partial charge < -0.3 is 5.73 Å². The minimum Gasteiger partial charge on any atom is -0.383 e. The lowest BCUT2D eigenvalue weighted by Gasteiger charge is -2.10. The molecule has 0 spiro atoms. The van der Waals surface area contributed by atoms with Gasteiger partial charge in [-0.15, -0.1) is 0 Å². The van der Waals surface area contributed by atoms with Crippen LogP contribution in [0.3, 0.4) is 0 Å². The van der Waals surface area contributed by atoms with Gasteiger partial charge in [-0.2, -0.15) is 9.61 Å². The maximum Gasteiger partial charge on any atom is 0.157 e. The summed E-state index contributed by atoms with van der Waals surface area (Å²) in [4.78, 5) is 4.48. The van der Waals surface area contributed by atoms with Gasteiger partial charge in [-0.25, -0.2) is 9.37 Å². The Hall–Kier alpha value is -2.43. The fourth-order valence-electron chi connectivity index (χ4n) is 2.24. The van der Waals surface area contributed by atoms with E-state index in [-0.39, 0.29) is 5.82 Å². The minimum atomic E-state index is -0.274. The summed E-state index contributed by atoms with van der Waals surface area (Å²) >= 11 is 0. The number of nitrogens with zero attached hydrogens (tertiary/aromatic N) is 3. The normalized spacial score (nSPS) is 11.1. The number of aromatic nitrogens is 3. The van der Waals surface area contributed by atoms with E-state index < -0.39 is 0 Å². The lowest BCUT2D eigenvalue weighted by molar-refractivity contribution is 0.628. The molecular weight excluding hydrogens is 243 g/mol. The molecule has 0 unspecified atom stereocenters. The maximum absolute atomic E-state index is 13.0. The van der Waals surface area contributed by atoms with Crippen molar-refractivity contribution in [2.24, 2.45) is 0 Å². The first-order valence-corrected chi connectivity index (χ1v) is 5.94. The van der Waals surface area contributed by atoms with Crippen molar-refractivity contribution >= 4 is 11.5 Å². The van der Waals surface area contributed by atoms with Crippen molar-refractivity contribution in [3.63, 3.8) is 0 Å².